The van der Waals surface area contributed by atoms with Crippen molar-refractivity contribution >= 4 is 11.8 Å². The summed E-state index contributed by atoms with van der Waals surface area (Å²) in [6.45, 7) is 1.42. The molecule has 2 aliphatic rings. The molecular formula is C28H35FN2O3. The van der Waals surface area contributed by atoms with Gasteiger partial charge in [0.1, 0.15) is 17.6 Å². The van der Waals surface area contributed by atoms with Crippen molar-refractivity contribution in [3.63, 3.8) is 0 Å². The van der Waals surface area contributed by atoms with E-state index >= 15 is 0 Å². The van der Waals surface area contributed by atoms with Crippen molar-refractivity contribution < 1.29 is 18.7 Å². The predicted molar refractivity (Wildman–Crippen MR) is 130 cm³/mol. The van der Waals surface area contributed by atoms with Gasteiger partial charge in [-0.25, -0.2) is 4.39 Å². The van der Waals surface area contributed by atoms with Crippen LogP contribution in [0.4, 0.5) is 4.39 Å². The summed E-state index contributed by atoms with van der Waals surface area (Å²) < 4.78 is 19.8. The minimum Gasteiger partial charge on any atom is -0.493 e. The van der Waals surface area contributed by atoms with Gasteiger partial charge < -0.3 is 15.0 Å². The van der Waals surface area contributed by atoms with E-state index in [1.54, 1.807) is 12.1 Å². The molecule has 4 rings (SSSR count). The molecule has 2 amide bonds. The highest BCUT2D eigenvalue weighted by molar-refractivity contribution is 5.88. The molecule has 0 aromatic heterocycles. The fourth-order valence-electron chi connectivity index (χ4n) is 5.06. The Balaban J connectivity index is 1.46. The molecule has 0 radical (unpaired) electrons. The lowest BCUT2D eigenvalue weighted by Gasteiger charge is -2.34. The number of ether oxygens (including phenoxy) is 1. The molecular weight excluding hydrogens is 431 g/mol. The van der Waals surface area contributed by atoms with Crippen molar-refractivity contribution in [2.45, 2.75) is 70.4 Å². The molecule has 182 valence electrons. The lowest BCUT2D eigenvalue weighted by atomic mass is 9.87. The second kappa shape index (κ2) is 12.0. The molecule has 2 aromatic carbocycles. The summed E-state index contributed by atoms with van der Waals surface area (Å²) in [4.78, 5) is 28.2. The maximum atomic E-state index is 13.9. The quantitative estimate of drug-likeness (QED) is 0.594. The number of hydrogen-bond acceptors (Lipinski definition) is 3. The first kappa shape index (κ1) is 24.2. The highest BCUT2D eigenvalue weighted by Crippen LogP contribution is 2.28. The van der Waals surface area contributed by atoms with E-state index < -0.39 is 6.04 Å². The fraction of sp³-hybridized carbons (Fsp3) is 0.500. The van der Waals surface area contributed by atoms with Crippen LogP contribution in [0.25, 0.3) is 0 Å². The molecule has 1 aliphatic carbocycles. The van der Waals surface area contributed by atoms with Crippen LogP contribution in [0.2, 0.25) is 0 Å². The van der Waals surface area contributed by atoms with Gasteiger partial charge in [0.15, 0.2) is 0 Å². The Bertz CT molecular complexity index is 974. The Morgan fingerprint density at radius 3 is 2.62 bits per heavy atom. The van der Waals surface area contributed by atoms with Crippen molar-refractivity contribution in [1.29, 1.82) is 0 Å². The Morgan fingerprint density at radius 1 is 1.00 bits per heavy atom. The van der Waals surface area contributed by atoms with E-state index in [4.69, 9.17) is 4.74 Å². The van der Waals surface area contributed by atoms with Crippen molar-refractivity contribution in [3.8, 4) is 5.75 Å². The number of rotatable bonds is 8. The van der Waals surface area contributed by atoms with Gasteiger partial charge >= 0.3 is 0 Å². The number of carbonyl (C=O) groups excluding carboxylic acids is 2. The first-order valence-electron chi connectivity index (χ1n) is 12.6. The van der Waals surface area contributed by atoms with Crippen molar-refractivity contribution in [2.75, 3.05) is 13.2 Å². The lowest BCUT2D eigenvalue weighted by Crippen LogP contribution is -2.50. The summed E-state index contributed by atoms with van der Waals surface area (Å²) in [5.41, 5.74) is 1.56. The number of benzene rings is 2. The Hall–Kier alpha value is -2.89. The first-order chi connectivity index (χ1) is 16.6. The van der Waals surface area contributed by atoms with Crippen LogP contribution in [0.5, 0.6) is 5.75 Å². The number of halogens is 1. The molecule has 0 unspecified atom stereocenters. The van der Waals surface area contributed by atoms with Crippen LogP contribution >= 0.6 is 0 Å². The maximum absolute atomic E-state index is 13.9. The molecule has 2 fully saturated rings. The van der Waals surface area contributed by atoms with E-state index in [1.165, 1.54) is 12.5 Å². The molecule has 6 heteroatoms. The number of amides is 2. The summed E-state index contributed by atoms with van der Waals surface area (Å²) in [6, 6.07) is 14.0. The third-order valence-corrected chi connectivity index (χ3v) is 6.97. The standard InChI is InChI=1S/C28H35FN2O3/c29-25-14-5-4-10-22(25)16-18-34-24-13-8-9-21(19-24)20-31(26-15-6-7-17-30-27(26)32)28(33)23-11-2-1-3-12-23/h4-5,8-10,13-14,19,23,26H,1-3,6-7,11-12,15-18,20H2,(H,30,32)/t26-/m0/s1. The average molecular weight is 467 g/mol. The fourth-order valence-corrected chi connectivity index (χ4v) is 5.06. The summed E-state index contributed by atoms with van der Waals surface area (Å²) >= 11 is 0. The van der Waals surface area contributed by atoms with E-state index in [2.05, 4.69) is 5.32 Å². The van der Waals surface area contributed by atoms with E-state index in [9.17, 15) is 14.0 Å². The van der Waals surface area contributed by atoms with Gasteiger partial charge in [-0.2, -0.15) is 0 Å². The molecule has 0 spiro atoms. The van der Waals surface area contributed by atoms with Gasteiger partial charge in [-0.3, -0.25) is 9.59 Å². The van der Waals surface area contributed by atoms with Crippen LogP contribution in [0, 0.1) is 11.7 Å². The molecule has 1 heterocycles. The van der Waals surface area contributed by atoms with E-state index in [1.807, 2.05) is 35.2 Å². The maximum Gasteiger partial charge on any atom is 0.242 e. The zero-order valence-electron chi connectivity index (χ0n) is 19.8. The molecule has 1 saturated heterocycles. The van der Waals surface area contributed by atoms with Gasteiger partial charge in [0.05, 0.1) is 6.61 Å². The summed E-state index contributed by atoms with van der Waals surface area (Å²) in [6.07, 6.45) is 8.19. The topological polar surface area (TPSA) is 58.6 Å². The smallest absolute Gasteiger partial charge is 0.242 e. The Kier molecular flexibility index (Phi) is 8.56. The van der Waals surface area contributed by atoms with E-state index in [-0.39, 0.29) is 23.5 Å². The normalized spacial score (nSPS) is 19.2. The zero-order chi connectivity index (χ0) is 23.8. The van der Waals surface area contributed by atoms with Crippen LogP contribution < -0.4 is 10.1 Å². The SMILES string of the molecule is O=C1NCCCC[C@@H]1N(Cc1cccc(OCCc2ccccc2F)c1)C(=O)C1CCCCC1. The molecule has 1 atom stereocenters. The summed E-state index contributed by atoms with van der Waals surface area (Å²) in [5, 5.41) is 2.99. The average Bonchev–Trinajstić information content (AvgIpc) is 3.08. The third kappa shape index (κ3) is 6.37. The van der Waals surface area contributed by atoms with Gasteiger partial charge in [-0.05, 0) is 61.4 Å². The Labute approximate surface area is 201 Å². The summed E-state index contributed by atoms with van der Waals surface area (Å²) in [5.74, 6) is 0.527. The van der Waals surface area contributed by atoms with E-state index in [0.29, 0.717) is 43.9 Å². The molecule has 1 saturated carbocycles. The minimum absolute atomic E-state index is 0.00463. The van der Waals surface area contributed by atoms with Crippen molar-refractivity contribution in [1.82, 2.24) is 10.2 Å². The summed E-state index contributed by atoms with van der Waals surface area (Å²) in [7, 11) is 0. The third-order valence-electron chi connectivity index (χ3n) is 6.97. The molecule has 2 aromatic rings. The van der Waals surface area contributed by atoms with Gasteiger partial charge in [0, 0.05) is 25.4 Å². The van der Waals surface area contributed by atoms with Crippen LogP contribution in [0.15, 0.2) is 48.5 Å². The lowest BCUT2D eigenvalue weighted by molar-refractivity contribution is -0.145. The molecule has 34 heavy (non-hydrogen) atoms. The largest absolute Gasteiger partial charge is 0.493 e. The van der Waals surface area contributed by atoms with Crippen molar-refractivity contribution in [3.05, 3.63) is 65.5 Å². The van der Waals surface area contributed by atoms with Gasteiger partial charge in [-0.1, -0.05) is 49.6 Å². The van der Waals surface area contributed by atoms with Gasteiger partial charge in [0.25, 0.3) is 0 Å². The van der Waals surface area contributed by atoms with Gasteiger partial charge in [-0.15, -0.1) is 0 Å². The first-order valence-corrected chi connectivity index (χ1v) is 12.6. The highest BCUT2D eigenvalue weighted by atomic mass is 19.1. The number of carbonyl (C=O) groups is 2. The molecule has 1 aliphatic heterocycles. The van der Waals surface area contributed by atoms with Crippen LogP contribution in [-0.2, 0) is 22.6 Å². The zero-order valence-corrected chi connectivity index (χ0v) is 19.8. The van der Waals surface area contributed by atoms with Crippen LogP contribution in [-0.4, -0.2) is 35.9 Å². The van der Waals surface area contributed by atoms with E-state index in [0.717, 1.165) is 44.1 Å². The molecule has 0 bridgehead atoms. The van der Waals surface area contributed by atoms with Crippen molar-refractivity contribution in [2.24, 2.45) is 5.92 Å². The van der Waals surface area contributed by atoms with Crippen LogP contribution in [0.3, 0.4) is 0 Å². The highest BCUT2D eigenvalue weighted by Gasteiger charge is 2.34. The molecule has 5 nitrogen and oxygen atoms in total. The Morgan fingerprint density at radius 2 is 1.79 bits per heavy atom. The number of nitrogens with zero attached hydrogens (tertiary/aromatic N) is 1. The van der Waals surface area contributed by atoms with Crippen LogP contribution in [0.1, 0.15) is 62.5 Å². The molecule has 1 N–H and O–H groups in total. The second-order valence-corrected chi connectivity index (χ2v) is 9.44. The number of nitrogens with one attached hydrogen (secondary N) is 1. The number of hydrogen-bond donors (Lipinski definition) is 1. The van der Waals surface area contributed by atoms with Gasteiger partial charge in [0.2, 0.25) is 11.8 Å². The minimum atomic E-state index is -0.428. The second-order valence-electron chi connectivity index (χ2n) is 9.44. The monoisotopic (exact) mass is 466 g/mol. The predicted octanol–water partition coefficient (Wildman–Crippen LogP) is 5.02.